The zero-order valence-electron chi connectivity index (χ0n) is 40.5. The Labute approximate surface area is 408 Å². The first-order valence-electron chi connectivity index (χ1n) is 23.1. The zero-order valence-corrected chi connectivity index (χ0v) is 42.9. The molecular weight excluding hydrogens is 951 g/mol. The quantitative estimate of drug-likeness (QED) is 0.0439. The number of para-hydroxylation sites is 1. The van der Waals surface area contributed by atoms with Gasteiger partial charge in [0.15, 0.2) is 0 Å². The van der Waals surface area contributed by atoms with Crippen molar-refractivity contribution in [2.45, 2.75) is 71.0 Å². The lowest BCUT2D eigenvalue weighted by Gasteiger charge is -2.36. The van der Waals surface area contributed by atoms with Crippen molar-refractivity contribution in [1.82, 2.24) is 27.9 Å². The van der Waals surface area contributed by atoms with E-state index in [9.17, 15) is 18.0 Å². The predicted octanol–water partition coefficient (Wildman–Crippen LogP) is 9.04. The molecule has 4 aromatic carbocycles. The van der Waals surface area contributed by atoms with E-state index in [4.69, 9.17) is 24.0 Å². The van der Waals surface area contributed by atoms with Crippen molar-refractivity contribution in [2.75, 3.05) is 72.0 Å². The van der Waals surface area contributed by atoms with Crippen LogP contribution in [0, 0.1) is 0 Å². The smallest absolute Gasteiger partial charge is 0.410 e. The number of ether oxygens (including phenoxy) is 4. The molecular formula is C51H64BrN7O8S. The first-order valence-corrected chi connectivity index (χ1v) is 25.7. The SMILES string of the molecule is CCOC(=O)c1c(CCCOc2cccc3ccccc23)c2cccc(-c3c(CBr)nn(C)c3COc3ccc(N4CCN(S(=O)(=O)N(C)C)CC4)cc3)c2n1CCCN(C)C(=O)OC(C)(C)C. The number of alkyl halides is 1. The van der Waals surface area contributed by atoms with E-state index in [0.29, 0.717) is 81.9 Å². The Balaban J connectivity index is 1.21. The van der Waals surface area contributed by atoms with E-state index in [-0.39, 0.29) is 13.2 Å². The normalized spacial score (nSPS) is 13.6. The van der Waals surface area contributed by atoms with E-state index in [2.05, 4.69) is 55.7 Å². The molecule has 1 aliphatic rings. The van der Waals surface area contributed by atoms with Gasteiger partial charge in [-0.2, -0.15) is 22.1 Å². The average molecular weight is 1020 g/mol. The topological polar surface area (TPSA) is 141 Å². The minimum atomic E-state index is -3.46. The number of piperazine rings is 1. The molecule has 1 saturated heterocycles. The third kappa shape index (κ3) is 11.3. The van der Waals surface area contributed by atoms with Gasteiger partial charge >= 0.3 is 12.1 Å². The molecule has 1 fully saturated rings. The molecule has 3 heterocycles. The first-order chi connectivity index (χ1) is 32.5. The molecule has 7 rings (SSSR count). The molecule has 0 saturated carbocycles. The van der Waals surface area contributed by atoms with Crippen LogP contribution in [0.25, 0.3) is 32.8 Å². The van der Waals surface area contributed by atoms with Crippen LogP contribution in [-0.4, -0.2) is 121 Å². The molecule has 0 bridgehead atoms. The van der Waals surface area contributed by atoms with Gasteiger partial charge in [0.2, 0.25) is 0 Å². The minimum absolute atomic E-state index is 0.202. The van der Waals surface area contributed by atoms with E-state index in [1.807, 2.05) is 94.0 Å². The Kier molecular flexibility index (Phi) is 16.1. The number of aryl methyl sites for hydroxylation is 3. The Bertz CT molecular complexity index is 2820. The summed E-state index contributed by atoms with van der Waals surface area (Å²) >= 11 is 3.73. The summed E-state index contributed by atoms with van der Waals surface area (Å²) in [5.41, 5.74) is 5.98. The number of fused-ring (bicyclic) bond motifs is 2. The van der Waals surface area contributed by atoms with E-state index >= 15 is 0 Å². The number of aromatic nitrogens is 3. The summed E-state index contributed by atoms with van der Waals surface area (Å²) < 4.78 is 56.4. The van der Waals surface area contributed by atoms with Gasteiger partial charge in [-0.1, -0.05) is 70.5 Å². The van der Waals surface area contributed by atoms with Crippen LogP contribution in [0.4, 0.5) is 10.5 Å². The van der Waals surface area contributed by atoms with Gasteiger partial charge in [-0.25, -0.2) is 9.59 Å². The van der Waals surface area contributed by atoms with Crippen molar-refractivity contribution in [3.8, 4) is 22.6 Å². The molecule has 1 amide bonds. The number of nitrogens with zero attached hydrogens (tertiary/aromatic N) is 7. The molecule has 68 heavy (non-hydrogen) atoms. The Morgan fingerprint density at radius 3 is 2.24 bits per heavy atom. The fraction of sp³-hybridized carbons (Fsp3) is 0.431. The van der Waals surface area contributed by atoms with Gasteiger partial charge in [-0.15, -0.1) is 0 Å². The van der Waals surface area contributed by atoms with Crippen LogP contribution in [0.5, 0.6) is 11.5 Å². The van der Waals surface area contributed by atoms with Gasteiger partial charge in [0.05, 0.1) is 30.1 Å². The van der Waals surface area contributed by atoms with E-state index in [1.165, 1.54) is 8.61 Å². The second-order valence-corrected chi connectivity index (χ2v) is 20.8. The number of benzene rings is 4. The summed E-state index contributed by atoms with van der Waals surface area (Å²) in [7, 11) is 3.27. The first kappa shape index (κ1) is 50.3. The second-order valence-electron chi connectivity index (χ2n) is 18.1. The summed E-state index contributed by atoms with van der Waals surface area (Å²) in [5.74, 6) is 1.06. The number of amides is 1. The standard InChI is InChI=1S/C51H64BrN7O8S/c1-9-64-49(60)48-41(21-14-33-65-45-22-12-17-36-16-10-11-18-39(36)45)40-19-13-20-42(47(40)59(48)28-15-27-55(7)50(61)67-51(2,3)4)46-43(34-52)53-56(8)44(46)35-66-38-25-23-37(24-26-38)57-29-31-58(32-30-57)68(62,63)54(5)6/h10-13,16-20,22-26H,9,14-15,21,27-35H2,1-8H3. The van der Waals surface area contributed by atoms with Crippen LogP contribution < -0.4 is 14.4 Å². The molecule has 0 aliphatic carbocycles. The summed E-state index contributed by atoms with van der Waals surface area (Å²) in [5, 5.41) is 8.49. The van der Waals surface area contributed by atoms with Crippen molar-refractivity contribution in [3.63, 3.8) is 0 Å². The highest BCUT2D eigenvalue weighted by atomic mass is 79.9. The Hall–Kier alpha value is -5.62. The highest BCUT2D eigenvalue weighted by molar-refractivity contribution is 9.08. The number of carbonyl (C=O) groups excluding carboxylic acids is 2. The van der Waals surface area contributed by atoms with Crippen molar-refractivity contribution in [3.05, 3.63) is 108 Å². The van der Waals surface area contributed by atoms with Crippen molar-refractivity contribution in [1.29, 1.82) is 0 Å². The van der Waals surface area contributed by atoms with Gasteiger partial charge in [0, 0.05) is 100 Å². The second kappa shape index (κ2) is 21.8. The number of hydrogen-bond donors (Lipinski definition) is 0. The van der Waals surface area contributed by atoms with Crippen LogP contribution in [0.15, 0.2) is 84.9 Å². The fourth-order valence-corrected chi connectivity index (χ4v) is 10.2. The third-order valence-corrected chi connectivity index (χ3v) is 14.5. The van der Waals surface area contributed by atoms with Crippen LogP contribution >= 0.6 is 15.9 Å². The van der Waals surface area contributed by atoms with Crippen LogP contribution in [0.2, 0.25) is 0 Å². The van der Waals surface area contributed by atoms with E-state index in [1.54, 1.807) is 26.0 Å². The number of hydrogen-bond acceptors (Lipinski definition) is 10. The van der Waals surface area contributed by atoms with Gasteiger partial charge in [-0.05, 0) is 88.2 Å². The van der Waals surface area contributed by atoms with Crippen molar-refractivity contribution < 1.29 is 37.0 Å². The molecule has 2 aromatic heterocycles. The molecule has 15 nitrogen and oxygen atoms in total. The summed E-state index contributed by atoms with van der Waals surface area (Å²) in [6.45, 7) is 10.9. The van der Waals surface area contributed by atoms with Gasteiger partial charge < -0.3 is 33.3 Å². The summed E-state index contributed by atoms with van der Waals surface area (Å²) in [6, 6.07) is 28.2. The largest absolute Gasteiger partial charge is 0.493 e. The maximum absolute atomic E-state index is 14.3. The summed E-state index contributed by atoms with van der Waals surface area (Å²) in [6.07, 6.45) is 1.28. The van der Waals surface area contributed by atoms with Crippen LogP contribution in [-0.2, 0) is 51.6 Å². The van der Waals surface area contributed by atoms with Crippen LogP contribution in [0.1, 0.15) is 68.0 Å². The molecule has 17 heteroatoms. The van der Waals surface area contributed by atoms with E-state index in [0.717, 1.165) is 61.2 Å². The molecule has 364 valence electrons. The molecule has 0 N–H and O–H groups in total. The molecule has 0 radical (unpaired) electrons. The maximum Gasteiger partial charge on any atom is 0.410 e. The highest BCUT2D eigenvalue weighted by Crippen LogP contribution is 2.40. The number of rotatable bonds is 19. The number of carbonyl (C=O) groups is 2. The number of anilines is 1. The zero-order chi connectivity index (χ0) is 48.8. The van der Waals surface area contributed by atoms with Crippen molar-refractivity contribution >= 4 is 65.6 Å². The molecule has 6 aromatic rings. The maximum atomic E-state index is 14.3. The summed E-state index contributed by atoms with van der Waals surface area (Å²) in [4.78, 5) is 31.1. The lowest BCUT2D eigenvalue weighted by atomic mass is 9.98. The monoisotopic (exact) mass is 1010 g/mol. The highest BCUT2D eigenvalue weighted by Gasteiger charge is 2.31. The predicted molar refractivity (Wildman–Crippen MR) is 271 cm³/mol. The Morgan fingerprint density at radius 2 is 1.54 bits per heavy atom. The van der Waals surface area contributed by atoms with Gasteiger partial charge in [-0.3, -0.25) is 4.68 Å². The average Bonchev–Trinajstić information content (AvgIpc) is 3.82. The lowest BCUT2D eigenvalue weighted by Crippen LogP contribution is -2.51. The Morgan fingerprint density at radius 1 is 0.853 bits per heavy atom. The van der Waals surface area contributed by atoms with Crippen LogP contribution in [0.3, 0.4) is 0 Å². The van der Waals surface area contributed by atoms with Gasteiger partial charge in [0.1, 0.15) is 29.4 Å². The number of esters is 1. The van der Waals surface area contributed by atoms with Crippen molar-refractivity contribution in [2.24, 2.45) is 7.05 Å². The lowest BCUT2D eigenvalue weighted by molar-refractivity contribution is 0.0294. The fourth-order valence-electron chi connectivity index (χ4n) is 8.74. The minimum Gasteiger partial charge on any atom is -0.493 e. The third-order valence-electron chi connectivity index (χ3n) is 12.1. The molecule has 1 aliphatic heterocycles. The molecule has 0 spiro atoms. The molecule has 0 unspecified atom stereocenters. The number of halogens is 1. The molecule has 0 atom stereocenters. The van der Waals surface area contributed by atoms with Gasteiger partial charge in [0.25, 0.3) is 10.2 Å². The van der Waals surface area contributed by atoms with E-state index < -0.39 is 27.9 Å².